The van der Waals surface area contributed by atoms with Crippen LogP contribution in [0.1, 0.15) is 67.6 Å². The molecule has 0 aliphatic heterocycles. The number of thioether (sulfide) groups is 1. The van der Waals surface area contributed by atoms with Gasteiger partial charge in [-0.05, 0) is 91.3 Å². The summed E-state index contributed by atoms with van der Waals surface area (Å²) in [5.74, 6) is -0.286. The Morgan fingerprint density at radius 1 is 0.877 bits per heavy atom. The molecule has 0 radical (unpaired) electrons. The summed E-state index contributed by atoms with van der Waals surface area (Å²) in [6, 6.07) is 45.5. The summed E-state index contributed by atoms with van der Waals surface area (Å²) in [6.45, 7) is 2.31. The molecule has 1 heterocycles. The lowest BCUT2D eigenvalue weighted by molar-refractivity contribution is -0.116. The molecule has 3 N–H and O–H groups in total. The van der Waals surface area contributed by atoms with Gasteiger partial charge in [0.2, 0.25) is 5.91 Å². The molecule has 0 saturated heterocycles. The van der Waals surface area contributed by atoms with Crippen molar-refractivity contribution in [1.82, 2.24) is 5.32 Å². The molecule has 0 fully saturated rings. The Morgan fingerprint density at radius 2 is 1.58 bits per heavy atom. The van der Waals surface area contributed by atoms with Crippen molar-refractivity contribution < 1.29 is 19.1 Å². The Bertz CT molecular complexity index is 2440. The van der Waals surface area contributed by atoms with Crippen LogP contribution in [0.4, 0.5) is 10.7 Å². The largest absolute Gasteiger partial charge is 0.493 e. The van der Waals surface area contributed by atoms with E-state index >= 15 is 0 Å². The number of nitriles is 1. The van der Waals surface area contributed by atoms with Crippen molar-refractivity contribution in [2.75, 3.05) is 17.2 Å². The summed E-state index contributed by atoms with van der Waals surface area (Å²) in [5.41, 5.74) is 5.19. The van der Waals surface area contributed by atoms with Gasteiger partial charge in [-0.15, -0.1) is 23.1 Å². The molecule has 1 aliphatic rings. The first-order valence-corrected chi connectivity index (χ1v) is 20.4. The molecule has 1 aromatic heterocycles. The number of carbonyl (C=O) groups excluding carboxylic acids is 3. The van der Waals surface area contributed by atoms with E-state index in [1.54, 1.807) is 54.6 Å². The van der Waals surface area contributed by atoms with Crippen molar-refractivity contribution in [2.45, 2.75) is 42.2 Å². The fraction of sp³-hybridized carbons (Fsp3) is 0.149. The minimum absolute atomic E-state index is 0.0256. The number of thiophene rings is 1. The third-order valence-electron chi connectivity index (χ3n) is 9.62. The zero-order valence-electron chi connectivity index (χ0n) is 31.2. The number of rotatable bonds is 13. The highest BCUT2D eigenvalue weighted by Gasteiger charge is 2.29. The van der Waals surface area contributed by atoms with Crippen LogP contribution in [0, 0.1) is 11.3 Å². The van der Waals surface area contributed by atoms with Gasteiger partial charge in [-0.25, -0.2) is 0 Å². The number of carbonyl (C=O) groups is 3. The second kappa shape index (κ2) is 18.5. The second-order valence-electron chi connectivity index (χ2n) is 13.4. The zero-order valence-corrected chi connectivity index (χ0v) is 32.9. The van der Waals surface area contributed by atoms with Crippen LogP contribution in [0.3, 0.4) is 0 Å². The second-order valence-corrected chi connectivity index (χ2v) is 15.7. The van der Waals surface area contributed by atoms with Crippen LogP contribution >= 0.6 is 23.1 Å². The summed E-state index contributed by atoms with van der Waals surface area (Å²) < 4.78 is 5.79. The van der Waals surface area contributed by atoms with Gasteiger partial charge in [-0.3, -0.25) is 14.4 Å². The monoisotopic (exact) mass is 788 g/mol. The lowest BCUT2D eigenvalue weighted by atomic mass is 9.83. The molecule has 1 aliphatic carbocycles. The Kier molecular flexibility index (Phi) is 12.6. The van der Waals surface area contributed by atoms with Crippen LogP contribution in [-0.2, 0) is 22.4 Å². The van der Waals surface area contributed by atoms with Gasteiger partial charge in [0, 0.05) is 26.6 Å². The van der Waals surface area contributed by atoms with Crippen LogP contribution in [-0.4, -0.2) is 24.3 Å². The number of nitrogens with one attached hydrogen (secondary N) is 3. The highest BCUT2D eigenvalue weighted by molar-refractivity contribution is 8.00. The molecule has 2 unspecified atom stereocenters. The molecule has 0 spiro atoms. The van der Waals surface area contributed by atoms with Crippen molar-refractivity contribution in [3.8, 4) is 11.8 Å². The van der Waals surface area contributed by atoms with Gasteiger partial charge in [0.15, 0.2) is 0 Å². The molecule has 10 heteroatoms. The van der Waals surface area contributed by atoms with E-state index in [1.165, 1.54) is 28.7 Å². The third-order valence-corrected chi connectivity index (χ3v) is 12.0. The van der Waals surface area contributed by atoms with E-state index in [-0.39, 0.29) is 11.6 Å². The number of nitrogens with zero attached hydrogens (tertiary/aromatic N) is 1. The molecule has 57 heavy (non-hydrogen) atoms. The molecule has 0 saturated carbocycles. The van der Waals surface area contributed by atoms with Gasteiger partial charge >= 0.3 is 0 Å². The van der Waals surface area contributed by atoms with E-state index in [2.05, 4.69) is 46.3 Å². The molecular formula is C47H40N4O4S2. The first kappa shape index (κ1) is 38.8. The SMILES string of the molecule is CCOc1ccccc1/C=C(/NC(=O)c1ccccc1)C(=O)Nc1cccc(SC(C(=O)Nc2sc3c(c2C#N)CCC(c2ccccc2)C3)c2ccccc2)c1. The van der Waals surface area contributed by atoms with Crippen LogP contribution < -0.4 is 20.7 Å². The molecule has 7 rings (SSSR count). The van der Waals surface area contributed by atoms with Gasteiger partial charge in [-0.1, -0.05) is 103 Å². The van der Waals surface area contributed by atoms with Gasteiger partial charge < -0.3 is 20.7 Å². The molecule has 6 aromatic rings. The molecular weight excluding hydrogens is 749 g/mol. The average Bonchev–Trinajstić information content (AvgIpc) is 3.60. The summed E-state index contributed by atoms with van der Waals surface area (Å²) in [7, 11) is 0. The van der Waals surface area contributed by atoms with E-state index in [0.717, 1.165) is 40.2 Å². The van der Waals surface area contributed by atoms with Crippen LogP contribution in [0.2, 0.25) is 0 Å². The van der Waals surface area contributed by atoms with Crippen molar-refractivity contribution >= 4 is 57.6 Å². The van der Waals surface area contributed by atoms with Crippen LogP contribution in [0.25, 0.3) is 6.08 Å². The molecule has 8 nitrogen and oxygen atoms in total. The first-order chi connectivity index (χ1) is 27.9. The number of ether oxygens (including phenoxy) is 1. The minimum atomic E-state index is -0.671. The normalized spacial score (nSPS) is 14.0. The Balaban J connectivity index is 1.12. The fourth-order valence-electron chi connectivity index (χ4n) is 6.85. The van der Waals surface area contributed by atoms with Gasteiger partial charge in [0.1, 0.15) is 27.8 Å². The van der Waals surface area contributed by atoms with Crippen LogP contribution in [0.15, 0.2) is 150 Å². The predicted molar refractivity (Wildman–Crippen MR) is 228 cm³/mol. The molecule has 284 valence electrons. The van der Waals surface area contributed by atoms with E-state index < -0.39 is 17.1 Å². The number of para-hydroxylation sites is 1. The summed E-state index contributed by atoms with van der Waals surface area (Å²) in [5, 5.41) is 19.0. The molecule has 5 aromatic carbocycles. The van der Waals surface area contributed by atoms with Gasteiger partial charge in [0.05, 0.1) is 12.2 Å². The number of anilines is 2. The van der Waals surface area contributed by atoms with E-state index in [0.29, 0.717) is 45.7 Å². The van der Waals surface area contributed by atoms with Gasteiger partial charge in [0.25, 0.3) is 11.8 Å². The maximum Gasteiger partial charge on any atom is 0.272 e. The van der Waals surface area contributed by atoms with Crippen molar-refractivity contribution in [3.63, 3.8) is 0 Å². The summed E-state index contributed by atoms with van der Waals surface area (Å²) in [4.78, 5) is 43.3. The maximum absolute atomic E-state index is 14.2. The minimum Gasteiger partial charge on any atom is -0.493 e. The molecule has 3 amide bonds. The average molecular weight is 789 g/mol. The van der Waals surface area contributed by atoms with Gasteiger partial charge in [-0.2, -0.15) is 5.26 Å². The standard InChI is InChI=1S/C47H40N4O4S2/c1-2-55-41-24-13-12-21-35(41)27-40(50-44(52)33-19-10-5-11-20-33)45(53)49-36-22-14-23-37(29-36)56-43(32-17-8-4-9-18-32)46(54)51-47-39(30-48)38-26-25-34(28-42(38)57-47)31-15-6-3-7-16-31/h3-24,27,29,34,43H,2,25-26,28H2,1H3,(H,49,53)(H,50,52)(H,51,54)/b40-27+. The number of benzene rings is 5. The number of fused-ring (bicyclic) bond motifs is 1. The Labute approximate surface area is 340 Å². The number of hydrogen-bond donors (Lipinski definition) is 3. The van der Waals surface area contributed by atoms with Crippen molar-refractivity contribution in [2.24, 2.45) is 0 Å². The zero-order chi connectivity index (χ0) is 39.6. The van der Waals surface area contributed by atoms with E-state index in [4.69, 9.17) is 4.74 Å². The van der Waals surface area contributed by atoms with E-state index in [9.17, 15) is 19.6 Å². The highest BCUT2D eigenvalue weighted by atomic mass is 32.2. The quantitative estimate of drug-likeness (QED) is 0.0792. The Morgan fingerprint density at radius 3 is 2.32 bits per heavy atom. The lowest BCUT2D eigenvalue weighted by Crippen LogP contribution is -2.30. The molecule has 2 atom stereocenters. The smallest absolute Gasteiger partial charge is 0.272 e. The third kappa shape index (κ3) is 9.52. The fourth-order valence-corrected chi connectivity index (χ4v) is 9.21. The predicted octanol–water partition coefficient (Wildman–Crippen LogP) is 10.2. The van der Waals surface area contributed by atoms with Crippen molar-refractivity contribution in [3.05, 3.63) is 183 Å². The number of hydrogen-bond acceptors (Lipinski definition) is 7. The first-order valence-electron chi connectivity index (χ1n) is 18.7. The van der Waals surface area contributed by atoms with Crippen LogP contribution in [0.5, 0.6) is 5.75 Å². The number of amides is 3. The van der Waals surface area contributed by atoms with Crippen molar-refractivity contribution in [1.29, 1.82) is 5.26 Å². The lowest BCUT2D eigenvalue weighted by Gasteiger charge is -2.22. The topological polar surface area (TPSA) is 120 Å². The Hall–Kier alpha value is -6.41. The summed E-state index contributed by atoms with van der Waals surface area (Å²) in [6.07, 6.45) is 4.15. The maximum atomic E-state index is 14.2. The van der Waals surface area contributed by atoms with E-state index in [1.807, 2.05) is 73.7 Å². The highest BCUT2D eigenvalue weighted by Crippen LogP contribution is 2.44. The molecule has 0 bridgehead atoms. The summed E-state index contributed by atoms with van der Waals surface area (Å²) >= 11 is 2.84.